The van der Waals surface area contributed by atoms with Gasteiger partial charge >= 0.3 is 6.03 Å². The van der Waals surface area contributed by atoms with Crippen molar-refractivity contribution >= 4 is 56.3 Å². The van der Waals surface area contributed by atoms with E-state index in [0.717, 1.165) is 25.7 Å². The third-order valence-electron chi connectivity index (χ3n) is 5.65. The molecule has 1 aliphatic rings. The minimum absolute atomic E-state index is 0.128. The fourth-order valence-electron chi connectivity index (χ4n) is 3.89. The SMILES string of the molecule is O=C1NC(=O)N(c2ccc(Br)cc2)C(=O)/C1=C\c1ccc(OCc2cccc3ccccc23)cc1. The largest absolute Gasteiger partial charge is 0.489 e. The number of halogens is 1. The Hall–Kier alpha value is -4.23. The number of hydrogen-bond donors (Lipinski definition) is 1. The van der Waals surface area contributed by atoms with Gasteiger partial charge in [0.25, 0.3) is 11.8 Å². The van der Waals surface area contributed by atoms with Crippen molar-refractivity contribution in [2.24, 2.45) is 0 Å². The molecule has 0 atom stereocenters. The van der Waals surface area contributed by atoms with Crippen LogP contribution in [0.3, 0.4) is 0 Å². The van der Waals surface area contributed by atoms with Crippen molar-refractivity contribution in [1.82, 2.24) is 5.32 Å². The van der Waals surface area contributed by atoms with Crippen molar-refractivity contribution in [3.05, 3.63) is 112 Å². The van der Waals surface area contributed by atoms with E-state index in [9.17, 15) is 14.4 Å². The van der Waals surface area contributed by atoms with Crippen LogP contribution in [0.5, 0.6) is 5.75 Å². The maximum atomic E-state index is 13.0. The first-order valence-electron chi connectivity index (χ1n) is 10.9. The van der Waals surface area contributed by atoms with E-state index >= 15 is 0 Å². The number of urea groups is 1. The molecule has 0 aromatic heterocycles. The summed E-state index contributed by atoms with van der Waals surface area (Å²) in [7, 11) is 0. The number of barbiturate groups is 1. The Bertz CT molecular complexity index is 1470. The molecule has 1 heterocycles. The van der Waals surface area contributed by atoms with Gasteiger partial charge in [-0.1, -0.05) is 70.5 Å². The lowest BCUT2D eigenvalue weighted by Gasteiger charge is -2.26. The van der Waals surface area contributed by atoms with Crippen LogP contribution < -0.4 is 15.0 Å². The van der Waals surface area contributed by atoms with Gasteiger partial charge in [0.05, 0.1) is 5.69 Å². The fraction of sp³-hybridized carbons (Fsp3) is 0.0357. The number of imide groups is 2. The summed E-state index contributed by atoms with van der Waals surface area (Å²) < 4.78 is 6.77. The molecule has 4 aromatic carbocycles. The summed E-state index contributed by atoms with van der Waals surface area (Å²) in [5, 5.41) is 4.53. The molecule has 0 saturated carbocycles. The first-order valence-corrected chi connectivity index (χ1v) is 11.7. The molecule has 172 valence electrons. The quantitative estimate of drug-likeness (QED) is 0.261. The highest BCUT2D eigenvalue weighted by atomic mass is 79.9. The summed E-state index contributed by atoms with van der Waals surface area (Å²) in [6.45, 7) is 0.410. The Balaban J connectivity index is 1.33. The zero-order valence-corrected chi connectivity index (χ0v) is 20.0. The van der Waals surface area contributed by atoms with E-state index in [-0.39, 0.29) is 5.57 Å². The molecule has 0 unspecified atom stereocenters. The molecule has 0 radical (unpaired) electrons. The van der Waals surface area contributed by atoms with Gasteiger partial charge in [-0.05, 0) is 64.4 Å². The van der Waals surface area contributed by atoms with E-state index in [1.807, 2.05) is 24.3 Å². The standard InChI is InChI=1S/C28H19BrN2O4/c29-21-10-12-22(13-11-21)31-27(33)25(26(32)30-28(31)34)16-18-8-14-23(15-9-18)35-17-20-6-3-5-19-4-1-2-7-24(19)20/h1-16H,17H2,(H,30,32,34)/b25-16-. The highest BCUT2D eigenvalue weighted by Crippen LogP contribution is 2.25. The predicted molar refractivity (Wildman–Crippen MR) is 138 cm³/mol. The van der Waals surface area contributed by atoms with Crippen LogP contribution >= 0.6 is 15.9 Å². The van der Waals surface area contributed by atoms with Crippen LogP contribution in [-0.4, -0.2) is 17.8 Å². The molecule has 0 aliphatic carbocycles. The second-order valence-corrected chi connectivity index (χ2v) is 8.85. The van der Waals surface area contributed by atoms with E-state index in [4.69, 9.17) is 4.74 Å². The summed E-state index contributed by atoms with van der Waals surface area (Å²) in [5.41, 5.74) is 1.95. The molecule has 0 spiro atoms. The molecule has 5 rings (SSSR count). The van der Waals surface area contributed by atoms with Crippen molar-refractivity contribution in [1.29, 1.82) is 0 Å². The zero-order chi connectivity index (χ0) is 24.4. The number of nitrogens with one attached hydrogen (secondary N) is 1. The lowest BCUT2D eigenvalue weighted by molar-refractivity contribution is -0.122. The number of carbonyl (C=O) groups excluding carboxylic acids is 3. The van der Waals surface area contributed by atoms with Crippen molar-refractivity contribution in [2.45, 2.75) is 6.61 Å². The summed E-state index contributed by atoms with van der Waals surface area (Å²) in [6, 6.07) is 27.2. The molecule has 4 amide bonds. The second kappa shape index (κ2) is 9.56. The van der Waals surface area contributed by atoms with Crippen LogP contribution in [-0.2, 0) is 16.2 Å². The monoisotopic (exact) mass is 526 g/mol. The molecule has 0 bridgehead atoms. The molecule has 1 fully saturated rings. The van der Waals surface area contributed by atoms with Crippen LogP contribution in [0.4, 0.5) is 10.5 Å². The number of ether oxygens (including phenoxy) is 1. The van der Waals surface area contributed by atoms with Crippen LogP contribution in [0, 0.1) is 0 Å². The van der Waals surface area contributed by atoms with Crippen molar-refractivity contribution < 1.29 is 19.1 Å². The maximum absolute atomic E-state index is 13.0. The summed E-state index contributed by atoms with van der Waals surface area (Å²) in [6.07, 6.45) is 1.46. The van der Waals surface area contributed by atoms with Crippen LogP contribution in [0.1, 0.15) is 11.1 Å². The first-order chi connectivity index (χ1) is 17.0. The molecular weight excluding hydrogens is 508 g/mol. The Morgan fingerprint density at radius 2 is 1.54 bits per heavy atom. The van der Waals surface area contributed by atoms with Gasteiger partial charge in [-0.25, -0.2) is 9.69 Å². The highest BCUT2D eigenvalue weighted by Gasteiger charge is 2.36. The van der Waals surface area contributed by atoms with Gasteiger partial charge in [0.2, 0.25) is 0 Å². The minimum atomic E-state index is -0.781. The first kappa shape index (κ1) is 22.6. The third-order valence-corrected chi connectivity index (χ3v) is 6.18. The molecule has 7 heteroatoms. The second-order valence-electron chi connectivity index (χ2n) is 7.93. The van der Waals surface area contributed by atoms with E-state index in [1.54, 1.807) is 48.5 Å². The number of hydrogen-bond acceptors (Lipinski definition) is 4. The Labute approximate surface area is 209 Å². The van der Waals surface area contributed by atoms with Crippen molar-refractivity contribution in [3.8, 4) is 5.75 Å². The molecule has 1 aliphatic heterocycles. The van der Waals surface area contributed by atoms with E-state index in [0.29, 0.717) is 23.6 Å². The Morgan fingerprint density at radius 3 is 2.31 bits per heavy atom. The van der Waals surface area contributed by atoms with Crippen LogP contribution in [0.2, 0.25) is 0 Å². The number of fused-ring (bicyclic) bond motifs is 1. The molecule has 4 aromatic rings. The number of carbonyl (C=O) groups is 3. The normalized spacial score (nSPS) is 14.9. The molecule has 1 N–H and O–H groups in total. The highest BCUT2D eigenvalue weighted by molar-refractivity contribution is 9.10. The smallest absolute Gasteiger partial charge is 0.335 e. The third kappa shape index (κ3) is 4.72. The number of amides is 4. The number of rotatable bonds is 5. The van der Waals surface area contributed by atoms with Gasteiger partial charge in [0, 0.05) is 4.47 Å². The van der Waals surface area contributed by atoms with Gasteiger partial charge in [-0.15, -0.1) is 0 Å². The Kier molecular flexibility index (Phi) is 6.16. The molecule has 35 heavy (non-hydrogen) atoms. The van der Waals surface area contributed by atoms with Gasteiger partial charge in [0.15, 0.2) is 0 Å². The predicted octanol–water partition coefficient (Wildman–Crippen LogP) is 5.85. The summed E-state index contributed by atoms with van der Waals surface area (Å²) in [5.74, 6) is -0.756. The van der Waals surface area contributed by atoms with Crippen molar-refractivity contribution in [3.63, 3.8) is 0 Å². The molecule has 1 saturated heterocycles. The summed E-state index contributed by atoms with van der Waals surface area (Å²) in [4.78, 5) is 38.7. The van der Waals surface area contributed by atoms with Gasteiger partial charge in [0.1, 0.15) is 17.9 Å². The van der Waals surface area contributed by atoms with E-state index in [2.05, 4.69) is 39.4 Å². The van der Waals surface area contributed by atoms with Crippen LogP contribution in [0.15, 0.2) is 101 Å². The maximum Gasteiger partial charge on any atom is 0.335 e. The minimum Gasteiger partial charge on any atom is -0.489 e. The number of anilines is 1. The molecule has 6 nitrogen and oxygen atoms in total. The van der Waals surface area contributed by atoms with Crippen molar-refractivity contribution in [2.75, 3.05) is 4.90 Å². The fourth-order valence-corrected chi connectivity index (χ4v) is 4.15. The number of nitrogens with zero attached hydrogens (tertiary/aromatic N) is 1. The number of benzene rings is 4. The zero-order valence-electron chi connectivity index (χ0n) is 18.4. The topological polar surface area (TPSA) is 75.7 Å². The molecular formula is C28H19BrN2O4. The van der Waals surface area contributed by atoms with Gasteiger partial charge in [-0.3, -0.25) is 14.9 Å². The lowest BCUT2D eigenvalue weighted by atomic mass is 10.1. The van der Waals surface area contributed by atoms with Gasteiger partial charge < -0.3 is 4.74 Å². The average Bonchev–Trinajstić information content (AvgIpc) is 2.87. The average molecular weight is 527 g/mol. The summed E-state index contributed by atoms with van der Waals surface area (Å²) >= 11 is 3.33. The van der Waals surface area contributed by atoms with Gasteiger partial charge in [-0.2, -0.15) is 0 Å². The van der Waals surface area contributed by atoms with E-state index < -0.39 is 17.8 Å². The van der Waals surface area contributed by atoms with E-state index in [1.165, 1.54) is 6.08 Å². The Morgan fingerprint density at radius 1 is 0.829 bits per heavy atom. The lowest BCUT2D eigenvalue weighted by Crippen LogP contribution is -2.54. The van der Waals surface area contributed by atoms with Crippen LogP contribution in [0.25, 0.3) is 16.8 Å².